The first-order chi connectivity index (χ1) is 15.2. The molecule has 0 heterocycles. The molecule has 0 unspecified atom stereocenters. The topological polar surface area (TPSA) is 53.2 Å². The van der Waals surface area contributed by atoms with Gasteiger partial charge in [0, 0.05) is 9.99 Å². The zero-order valence-electron chi connectivity index (χ0n) is 18.7. The van der Waals surface area contributed by atoms with Gasteiger partial charge in [0.25, 0.3) is 0 Å². The van der Waals surface area contributed by atoms with Gasteiger partial charge >= 0.3 is 0 Å². The summed E-state index contributed by atoms with van der Waals surface area (Å²) in [5.41, 5.74) is 0.834. The van der Waals surface area contributed by atoms with Crippen LogP contribution in [0.5, 0.6) is 0 Å². The summed E-state index contributed by atoms with van der Waals surface area (Å²) in [4.78, 5) is 12.4. The molecule has 0 aromatic heterocycles. The molecular formula is C23H35Cl3IN3OS. The van der Waals surface area contributed by atoms with Crippen LogP contribution in [0, 0.1) is 3.57 Å². The lowest BCUT2D eigenvalue weighted by molar-refractivity contribution is -0.122. The fraction of sp³-hybridized carbons (Fsp3) is 0.652. The number of carbonyl (C=O) groups is 1. The number of para-hydroxylation sites is 1. The van der Waals surface area contributed by atoms with Gasteiger partial charge in [-0.2, -0.15) is 0 Å². The molecule has 182 valence electrons. The number of thiocarbonyl (C=S) groups is 1. The van der Waals surface area contributed by atoms with E-state index in [0.717, 1.165) is 28.5 Å². The molecule has 0 saturated heterocycles. The van der Waals surface area contributed by atoms with Crippen molar-refractivity contribution in [1.29, 1.82) is 0 Å². The minimum atomic E-state index is -1.75. The maximum atomic E-state index is 12.4. The quantitative estimate of drug-likeness (QED) is 0.0600. The van der Waals surface area contributed by atoms with Crippen molar-refractivity contribution in [3.8, 4) is 0 Å². The molecule has 1 aromatic carbocycles. The van der Waals surface area contributed by atoms with E-state index in [1.54, 1.807) is 0 Å². The molecule has 3 N–H and O–H groups in total. The highest BCUT2D eigenvalue weighted by Crippen LogP contribution is 2.29. The van der Waals surface area contributed by atoms with Gasteiger partial charge in [0.1, 0.15) is 6.17 Å². The predicted molar refractivity (Wildman–Crippen MR) is 152 cm³/mol. The Hall–Kier alpha value is -0.0200. The van der Waals surface area contributed by atoms with Gasteiger partial charge in [-0.05, 0) is 53.4 Å². The van der Waals surface area contributed by atoms with E-state index in [2.05, 4.69) is 45.5 Å². The Kier molecular flexibility index (Phi) is 16.3. The van der Waals surface area contributed by atoms with Gasteiger partial charge < -0.3 is 16.0 Å². The maximum absolute atomic E-state index is 12.4. The SMILES string of the molecule is CCCCCCCCCCCCCC(=O)N[C@H](NC(=S)Nc1ccccc1I)C(Cl)(Cl)Cl. The van der Waals surface area contributed by atoms with Gasteiger partial charge in [-0.3, -0.25) is 4.79 Å². The molecular weight excluding hydrogens is 600 g/mol. The van der Waals surface area contributed by atoms with Gasteiger partial charge in [0.05, 0.1) is 5.69 Å². The van der Waals surface area contributed by atoms with Crippen LogP contribution >= 0.6 is 69.6 Å². The third-order valence-electron chi connectivity index (χ3n) is 5.04. The summed E-state index contributed by atoms with van der Waals surface area (Å²) < 4.78 is -0.747. The Morgan fingerprint density at radius 2 is 1.47 bits per heavy atom. The van der Waals surface area contributed by atoms with E-state index in [-0.39, 0.29) is 11.0 Å². The fourth-order valence-electron chi connectivity index (χ4n) is 3.23. The molecule has 1 aromatic rings. The number of halogens is 4. The average Bonchev–Trinajstić information content (AvgIpc) is 2.72. The molecule has 0 aliphatic heterocycles. The van der Waals surface area contributed by atoms with Crippen LogP contribution in [0.4, 0.5) is 5.69 Å². The number of unbranched alkanes of at least 4 members (excludes halogenated alkanes) is 10. The first kappa shape index (κ1) is 30.0. The minimum Gasteiger partial charge on any atom is -0.339 e. The van der Waals surface area contributed by atoms with E-state index in [4.69, 9.17) is 47.0 Å². The van der Waals surface area contributed by atoms with Crippen LogP contribution in [-0.2, 0) is 4.79 Å². The molecule has 0 radical (unpaired) electrons. The zero-order valence-corrected chi connectivity index (χ0v) is 23.9. The minimum absolute atomic E-state index is 0.165. The number of anilines is 1. The molecule has 4 nitrogen and oxygen atoms in total. The molecule has 0 bridgehead atoms. The number of amides is 1. The van der Waals surface area contributed by atoms with Crippen molar-refractivity contribution >= 4 is 86.3 Å². The summed E-state index contributed by atoms with van der Waals surface area (Å²) in [6.07, 6.45) is 13.0. The number of carbonyl (C=O) groups excluding carboxylic acids is 1. The third kappa shape index (κ3) is 14.3. The molecule has 1 rings (SSSR count). The van der Waals surface area contributed by atoms with Crippen molar-refractivity contribution < 1.29 is 4.79 Å². The second kappa shape index (κ2) is 17.4. The summed E-state index contributed by atoms with van der Waals surface area (Å²) in [6.45, 7) is 2.24. The number of rotatable bonds is 15. The van der Waals surface area contributed by atoms with Crippen molar-refractivity contribution in [3.05, 3.63) is 27.8 Å². The molecule has 0 aliphatic carbocycles. The fourth-order valence-corrected chi connectivity index (χ4v) is 4.31. The second-order valence-corrected chi connectivity index (χ2v) is 11.8. The van der Waals surface area contributed by atoms with E-state index in [9.17, 15) is 4.79 Å². The van der Waals surface area contributed by atoms with Crippen LogP contribution in [0.25, 0.3) is 0 Å². The van der Waals surface area contributed by atoms with E-state index in [0.29, 0.717) is 6.42 Å². The Morgan fingerprint density at radius 1 is 0.938 bits per heavy atom. The summed E-state index contributed by atoms with van der Waals surface area (Å²) in [5, 5.41) is 8.97. The van der Waals surface area contributed by atoms with Crippen molar-refractivity contribution in [2.45, 2.75) is 93.9 Å². The molecule has 0 fully saturated rings. The lowest BCUT2D eigenvalue weighted by Crippen LogP contribution is -2.56. The Balaban J connectivity index is 2.27. The predicted octanol–water partition coefficient (Wildman–Crippen LogP) is 8.09. The standard InChI is InChI=1S/C23H35Cl3IN3OS/c1-2-3-4-5-6-7-8-9-10-11-12-17-20(31)29-21(23(24,25)26)30-22(32)28-19-16-14-13-15-18(19)27/h13-16,21H,2-12,17H2,1H3,(H,29,31)(H2,28,30,32)/t21-/m1/s1. The van der Waals surface area contributed by atoms with Crippen LogP contribution in [0.1, 0.15) is 84.0 Å². The van der Waals surface area contributed by atoms with Crippen LogP contribution in [0.15, 0.2) is 24.3 Å². The Labute approximate surface area is 227 Å². The zero-order chi connectivity index (χ0) is 23.8. The molecule has 1 amide bonds. The van der Waals surface area contributed by atoms with E-state index in [1.807, 2.05) is 24.3 Å². The summed E-state index contributed by atoms with van der Waals surface area (Å²) in [7, 11) is 0. The van der Waals surface area contributed by atoms with Gasteiger partial charge in [0.15, 0.2) is 5.11 Å². The Bertz CT molecular complexity index is 689. The normalized spacial score (nSPS) is 12.3. The van der Waals surface area contributed by atoms with Crippen LogP contribution in [-0.4, -0.2) is 21.0 Å². The number of hydrogen-bond acceptors (Lipinski definition) is 2. The highest BCUT2D eigenvalue weighted by atomic mass is 127. The van der Waals surface area contributed by atoms with Crippen molar-refractivity contribution in [1.82, 2.24) is 10.6 Å². The number of benzene rings is 1. The van der Waals surface area contributed by atoms with Crippen LogP contribution < -0.4 is 16.0 Å². The molecule has 32 heavy (non-hydrogen) atoms. The van der Waals surface area contributed by atoms with Crippen molar-refractivity contribution in [2.75, 3.05) is 5.32 Å². The number of alkyl halides is 3. The second-order valence-electron chi connectivity index (χ2n) is 7.91. The highest BCUT2D eigenvalue weighted by Gasteiger charge is 2.34. The molecule has 0 aliphatic rings. The summed E-state index contributed by atoms with van der Waals surface area (Å²) >= 11 is 25.7. The van der Waals surface area contributed by atoms with E-state index < -0.39 is 9.96 Å². The van der Waals surface area contributed by atoms with Crippen molar-refractivity contribution in [3.63, 3.8) is 0 Å². The van der Waals surface area contributed by atoms with E-state index in [1.165, 1.54) is 51.4 Å². The van der Waals surface area contributed by atoms with Gasteiger partial charge in [0.2, 0.25) is 9.70 Å². The maximum Gasteiger partial charge on any atom is 0.228 e. The smallest absolute Gasteiger partial charge is 0.228 e. The van der Waals surface area contributed by atoms with Crippen LogP contribution in [0.2, 0.25) is 0 Å². The summed E-state index contributed by atoms with van der Waals surface area (Å²) in [6, 6.07) is 7.68. The first-order valence-electron chi connectivity index (χ1n) is 11.4. The number of hydrogen-bond donors (Lipinski definition) is 3. The van der Waals surface area contributed by atoms with Crippen molar-refractivity contribution in [2.24, 2.45) is 0 Å². The molecule has 1 atom stereocenters. The monoisotopic (exact) mass is 633 g/mol. The number of nitrogens with one attached hydrogen (secondary N) is 3. The molecule has 0 spiro atoms. The average molecular weight is 635 g/mol. The Morgan fingerprint density at radius 3 is 2.00 bits per heavy atom. The van der Waals surface area contributed by atoms with Gasteiger partial charge in [-0.15, -0.1) is 0 Å². The lowest BCUT2D eigenvalue weighted by atomic mass is 10.1. The summed E-state index contributed by atoms with van der Waals surface area (Å²) in [5.74, 6) is -0.165. The molecule has 9 heteroatoms. The van der Waals surface area contributed by atoms with Gasteiger partial charge in [-0.25, -0.2) is 0 Å². The molecule has 0 saturated carbocycles. The first-order valence-corrected chi connectivity index (χ1v) is 14.0. The van der Waals surface area contributed by atoms with Crippen LogP contribution in [0.3, 0.4) is 0 Å². The lowest BCUT2D eigenvalue weighted by Gasteiger charge is -2.28. The van der Waals surface area contributed by atoms with E-state index >= 15 is 0 Å². The van der Waals surface area contributed by atoms with Gasteiger partial charge in [-0.1, -0.05) is 118 Å². The third-order valence-corrected chi connectivity index (χ3v) is 6.85. The highest BCUT2D eigenvalue weighted by molar-refractivity contribution is 14.1. The largest absolute Gasteiger partial charge is 0.339 e.